The topological polar surface area (TPSA) is 79.2 Å². The maximum absolute atomic E-state index is 13.5. The first kappa shape index (κ1) is 22.9. The van der Waals surface area contributed by atoms with Crippen LogP contribution in [0.4, 0.5) is 18.9 Å². The highest BCUT2D eigenvalue weighted by atomic mass is 19.2. The van der Waals surface area contributed by atoms with Crippen LogP contribution in [-0.2, 0) is 9.59 Å². The number of rotatable bonds is 9. The van der Waals surface area contributed by atoms with Gasteiger partial charge in [-0.25, -0.2) is 13.2 Å². The lowest BCUT2D eigenvalue weighted by Crippen LogP contribution is -3.11. The van der Waals surface area contributed by atoms with Gasteiger partial charge in [0.05, 0.1) is 24.8 Å². The summed E-state index contributed by atoms with van der Waals surface area (Å²) in [5, 5.41) is 7.15. The summed E-state index contributed by atoms with van der Waals surface area (Å²) in [6.07, 6.45) is 0.831. The second kappa shape index (κ2) is 10.3. The average molecular weight is 390 g/mol. The molecule has 0 aliphatic rings. The third kappa shape index (κ3) is 8.87. The van der Waals surface area contributed by atoms with Crippen LogP contribution in [-0.4, -0.2) is 50.6 Å². The minimum Gasteiger partial charge on any atom is -0.351 e. The number of amides is 2. The number of carbonyl (C=O) groups excluding carboxylic acids is 2. The number of carbonyl (C=O) groups is 2. The second-order valence-electron chi connectivity index (χ2n) is 7.64. The van der Waals surface area contributed by atoms with E-state index in [4.69, 9.17) is 0 Å². The lowest BCUT2D eigenvalue weighted by Gasteiger charge is -2.17. The van der Waals surface area contributed by atoms with Gasteiger partial charge in [0.2, 0.25) is 0 Å². The monoisotopic (exact) mass is 390 g/mol. The maximum atomic E-state index is 13.5. The summed E-state index contributed by atoms with van der Waals surface area (Å²) >= 11 is 0. The lowest BCUT2D eigenvalue weighted by atomic mass is 10.1. The predicted octanol–water partition coefficient (Wildman–Crippen LogP) is -0.575. The quantitative estimate of drug-likeness (QED) is 0.337. The molecular weight excluding hydrogens is 361 g/mol. The Morgan fingerprint density at radius 1 is 1.07 bits per heavy atom. The molecule has 1 rings (SSSR count). The summed E-state index contributed by atoms with van der Waals surface area (Å²) in [4.78, 5) is 24.3. The molecule has 1 unspecified atom stereocenters. The number of hydrogen-bond donors (Lipinski definition) is 4. The van der Waals surface area contributed by atoms with Crippen LogP contribution in [0.2, 0.25) is 0 Å². The van der Waals surface area contributed by atoms with E-state index in [2.05, 4.69) is 36.7 Å². The van der Waals surface area contributed by atoms with Crippen molar-refractivity contribution < 1.29 is 33.0 Å². The van der Waals surface area contributed by atoms with Crippen LogP contribution < -0.4 is 20.9 Å². The Morgan fingerprint density at radius 3 is 2.33 bits per heavy atom. The van der Waals surface area contributed by atoms with Gasteiger partial charge in [-0.05, 0) is 32.9 Å². The summed E-state index contributed by atoms with van der Waals surface area (Å²) in [6.45, 7) is 7.73. The van der Waals surface area contributed by atoms with E-state index in [0.717, 1.165) is 25.1 Å². The molecule has 0 aliphatic heterocycles. The van der Waals surface area contributed by atoms with Gasteiger partial charge in [0.1, 0.15) is 0 Å². The van der Waals surface area contributed by atoms with Gasteiger partial charge in [-0.3, -0.25) is 9.59 Å². The van der Waals surface area contributed by atoms with Gasteiger partial charge >= 0.3 is 0 Å². The van der Waals surface area contributed by atoms with E-state index >= 15 is 0 Å². The Hall–Kier alpha value is -2.13. The van der Waals surface area contributed by atoms with E-state index in [9.17, 15) is 22.8 Å². The molecule has 0 saturated carbocycles. The van der Waals surface area contributed by atoms with E-state index in [1.807, 2.05) is 0 Å². The van der Waals surface area contributed by atoms with Gasteiger partial charge in [-0.15, -0.1) is 0 Å². The van der Waals surface area contributed by atoms with Gasteiger partial charge in [0.25, 0.3) is 11.8 Å². The highest BCUT2D eigenvalue weighted by Crippen LogP contribution is 2.19. The predicted molar refractivity (Wildman–Crippen MR) is 95.7 cm³/mol. The Bertz CT molecular complexity index is 663. The van der Waals surface area contributed by atoms with Crippen molar-refractivity contribution in [2.75, 3.05) is 38.5 Å². The van der Waals surface area contributed by atoms with E-state index < -0.39 is 29.0 Å². The number of hydrogen-bond acceptors (Lipinski definition) is 2. The Morgan fingerprint density at radius 2 is 1.70 bits per heavy atom. The molecule has 9 heteroatoms. The molecule has 1 atom stereocenters. The Balaban J connectivity index is 2.33. The number of benzene rings is 1. The van der Waals surface area contributed by atoms with Crippen molar-refractivity contribution in [2.45, 2.75) is 32.7 Å². The summed E-state index contributed by atoms with van der Waals surface area (Å²) in [5.74, 6) is -5.23. The maximum Gasteiger partial charge on any atom is 0.279 e. The number of anilines is 1. The largest absolute Gasteiger partial charge is 0.351 e. The third-order valence-corrected chi connectivity index (χ3v) is 3.69. The minimum absolute atomic E-state index is 0.0661. The zero-order valence-corrected chi connectivity index (χ0v) is 16.2. The average Bonchev–Trinajstić information content (AvgIpc) is 2.53. The zero-order valence-electron chi connectivity index (χ0n) is 16.2. The zero-order chi connectivity index (χ0) is 20.6. The molecule has 0 fully saturated rings. The molecule has 5 N–H and O–H groups in total. The Labute approximate surface area is 157 Å². The minimum atomic E-state index is -1.64. The molecule has 0 bridgehead atoms. The number of halogens is 3. The summed E-state index contributed by atoms with van der Waals surface area (Å²) in [7, 11) is 1.63. The van der Waals surface area contributed by atoms with Crippen molar-refractivity contribution in [3.63, 3.8) is 0 Å². The SMILES string of the molecule is C[NH+](CC(=O)NCCC[NH2+]C(C)(C)C)CC(=O)Nc1ccc(F)c(F)c1F. The number of likely N-dealkylation sites (N-methyl/N-ethyl adjacent to an activating group) is 1. The highest BCUT2D eigenvalue weighted by molar-refractivity contribution is 5.91. The van der Waals surface area contributed by atoms with Gasteiger partial charge in [0, 0.05) is 13.0 Å². The van der Waals surface area contributed by atoms with Crippen LogP contribution in [0, 0.1) is 17.5 Å². The molecule has 2 amide bonds. The molecule has 27 heavy (non-hydrogen) atoms. The fourth-order valence-corrected chi connectivity index (χ4v) is 2.35. The van der Waals surface area contributed by atoms with Crippen LogP contribution in [0.1, 0.15) is 27.2 Å². The lowest BCUT2D eigenvalue weighted by molar-refractivity contribution is -0.862. The molecular formula is C18H29F3N4O2+2. The first-order valence-corrected chi connectivity index (χ1v) is 8.85. The van der Waals surface area contributed by atoms with Gasteiger partial charge in [-0.2, -0.15) is 0 Å². The van der Waals surface area contributed by atoms with Crippen molar-refractivity contribution in [3.8, 4) is 0 Å². The molecule has 0 heterocycles. The standard InChI is InChI=1S/C18H27F3N4O2/c1-18(2,3)23-9-5-8-22-14(26)10-25(4)11-15(27)24-13-7-6-12(19)16(20)17(13)21/h6-7,23H,5,8-11H2,1-4H3,(H,22,26)(H,24,27)/p+2. The molecule has 1 aromatic carbocycles. The van der Waals surface area contributed by atoms with Crippen molar-refractivity contribution in [1.29, 1.82) is 0 Å². The van der Waals surface area contributed by atoms with Crippen LogP contribution >= 0.6 is 0 Å². The van der Waals surface area contributed by atoms with Gasteiger partial charge in [0.15, 0.2) is 30.5 Å². The van der Waals surface area contributed by atoms with Crippen molar-refractivity contribution in [1.82, 2.24) is 5.32 Å². The molecule has 0 saturated heterocycles. The molecule has 0 spiro atoms. The van der Waals surface area contributed by atoms with E-state index in [1.54, 1.807) is 7.05 Å². The summed E-state index contributed by atoms with van der Waals surface area (Å²) < 4.78 is 39.6. The molecule has 6 nitrogen and oxygen atoms in total. The molecule has 0 aliphatic carbocycles. The number of quaternary nitrogens is 2. The molecule has 152 valence electrons. The number of nitrogens with two attached hydrogens (primary N) is 1. The molecule has 1 aromatic rings. The van der Waals surface area contributed by atoms with Crippen molar-refractivity contribution >= 4 is 17.5 Å². The van der Waals surface area contributed by atoms with Crippen molar-refractivity contribution in [3.05, 3.63) is 29.6 Å². The normalized spacial score (nSPS) is 12.6. The number of nitrogens with one attached hydrogen (secondary N) is 3. The fourth-order valence-electron chi connectivity index (χ4n) is 2.35. The van der Waals surface area contributed by atoms with E-state index in [0.29, 0.717) is 11.4 Å². The van der Waals surface area contributed by atoms with Gasteiger partial charge in [-0.1, -0.05) is 0 Å². The van der Waals surface area contributed by atoms with E-state index in [1.165, 1.54) is 0 Å². The summed E-state index contributed by atoms with van der Waals surface area (Å²) in [5.41, 5.74) is -0.291. The van der Waals surface area contributed by atoms with Crippen LogP contribution in [0.5, 0.6) is 0 Å². The fraction of sp³-hybridized carbons (Fsp3) is 0.556. The van der Waals surface area contributed by atoms with Gasteiger partial charge < -0.3 is 20.9 Å². The van der Waals surface area contributed by atoms with Crippen LogP contribution in [0.3, 0.4) is 0 Å². The Kier molecular flexibility index (Phi) is 8.71. The second-order valence-corrected chi connectivity index (χ2v) is 7.64. The summed E-state index contributed by atoms with van der Waals surface area (Å²) in [6, 6.07) is 1.68. The van der Waals surface area contributed by atoms with Crippen molar-refractivity contribution in [2.24, 2.45) is 0 Å². The third-order valence-electron chi connectivity index (χ3n) is 3.69. The molecule has 0 radical (unpaired) electrons. The smallest absolute Gasteiger partial charge is 0.279 e. The highest BCUT2D eigenvalue weighted by Gasteiger charge is 2.18. The first-order chi connectivity index (χ1) is 12.5. The van der Waals surface area contributed by atoms with Crippen LogP contribution in [0.15, 0.2) is 12.1 Å². The van der Waals surface area contributed by atoms with Crippen LogP contribution in [0.25, 0.3) is 0 Å². The molecule has 0 aromatic heterocycles. The first-order valence-electron chi connectivity index (χ1n) is 8.85. The van der Waals surface area contributed by atoms with E-state index in [-0.39, 0.29) is 24.5 Å².